The predicted octanol–water partition coefficient (Wildman–Crippen LogP) is 4.37. The number of benzene rings is 2. The van der Waals surface area contributed by atoms with E-state index in [1.165, 1.54) is 0 Å². The van der Waals surface area contributed by atoms with Crippen molar-refractivity contribution in [3.63, 3.8) is 0 Å². The highest BCUT2D eigenvalue weighted by atomic mass is 35.5. The molecule has 2 nitrogen and oxygen atoms in total. The lowest BCUT2D eigenvalue weighted by Gasteiger charge is -2.07. The first-order valence-electron chi connectivity index (χ1n) is 4.61. The fourth-order valence-electron chi connectivity index (χ4n) is 1.11. The minimum Gasteiger partial charge on any atom is -0.288 e. The van der Waals surface area contributed by atoms with Gasteiger partial charge < -0.3 is 0 Å². The lowest BCUT2D eigenvalue weighted by atomic mass is 10.3. The quantitative estimate of drug-likeness (QED) is 0.599. The van der Waals surface area contributed by atoms with Gasteiger partial charge in [0.25, 0.3) is 0 Å². The van der Waals surface area contributed by atoms with Gasteiger partial charge in [0.05, 0.1) is 10.0 Å². The van der Waals surface area contributed by atoms with E-state index in [9.17, 15) is 0 Å². The fourth-order valence-corrected chi connectivity index (χ4v) is 1.45. The molecule has 0 saturated heterocycles. The molecule has 0 unspecified atom stereocenters. The van der Waals surface area contributed by atoms with E-state index >= 15 is 0 Å². The van der Waals surface area contributed by atoms with E-state index in [0.717, 1.165) is 0 Å². The number of halogens is 2. The van der Waals surface area contributed by atoms with Crippen molar-refractivity contribution >= 4 is 23.2 Å². The van der Waals surface area contributed by atoms with Crippen molar-refractivity contribution in [2.45, 2.75) is 0 Å². The molecule has 0 bridgehead atoms. The third-order valence-corrected chi connectivity index (χ3v) is 2.52. The van der Waals surface area contributed by atoms with Gasteiger partial charge in [0.15, 0.2) is 11.5 Å². The molecule has 16 heavy (non-hydrogen) atoms. The zero-order valence-corrected chi connectivity index (χ0v) is 9.70. The maximum Gasteiger partial charge on any atom is 0.197 e. The topological polar surface area (TPSA) is 18.5 Å². The molecular weight excluding hydrogens is 247 g/mol. The van der Waals surface area contributed by atoms with Crippen LogP contribution >= 0.6 is 23.2 Å². The Bertz CT molecular complexity index is 440. The Labute approximate surface area is 103 Å². The summed E-state index contributed by atoms with van der Waals surface area (Å²) >= 11 is 11.8. The van der Waals surface area contributed by atoms with E-state index < -0.39 is 0 Å². The van der Waals surface area contributed by atoms with Crippen LogP contribution in [0.4, 0.5) is 0 Å². The Balaban J connectivity index is 2.09. The third-order valence-electron chi connectivity index (χ3n) is 1.89. The minimum atomic E-state index is 0.448. The first kappa shape index (κ1) is 11.1. The van der Waals surface area contributed by atoms with Crippen molar-refractivity contribution < 1.29 is 9.78 Å². The Morgan fingerprint density at radius 1 is 0.625 bits per heavy atom. The summed E-state index contributed by atoms with van der Waals surface area (Å²) in [5.41, 5.74) is 0. The number of hydrogen-bond acceptors (Lipinski definition) is 2. The van der Waals surface area contributed by atoms with Crippen molar-refractivity contribution in [2.75, 3.05) is 0 Å². The summed E-state index contributed by atoms with van der Waals surface area (Å²) in [7, 11) is 0. The van der Waals surface area contributed by atoms with Gasteiger partial charge in [-0.05, 0) is 24.3 Å². The first-order valence-corrected chi connectivity index (χ1v) is 5.36. The summed E-state index contributed by atoms with van der Waals surface area (Å²) in [5, 5.41) is 0.962. The van der Waals surface area contributed by atoms with E-state index in [2.05, 4.69) is 0 Å². The molecule has 0 aliphatic carbocycles. The highest BCUT2D eigenvalue weighted by Crippen LogP contribution is 2.27. The van der Waals surface area contributed by atoms with E-state index in [4.69, 9.17) is 33.0 Å². The molecule has 82 valence electrons. The summed E-state index contributed by atoms with van der Waals surface area (Å²) < 4.78 is 0. The number of hydrogen-bond donors (Lipinski definition) is 0. The van der Waals surface area contributed by atoms with Crippen molar-refractivity contribution in [2.24, 2.45) is 0 Å². The largest absolute Gasteiger partial charge is 0.288 e. The SMILES string of the molecule is Clc1ccccc1OOc1ccccc1Cl. The molecule has 0 fully saturated rings. The lowest BCUT2D eigenvalue weighted by molar-refractivity contribution is -0.0997. The van der Waals surface area contributed by atoms with Gasteiger partial charge in [-0.15, -0.1) is 0 Å². The maximum atomic E-state index is 5.89. The second kappa shape index (κ2) is 5.10. The Morgan fingerprint density at radius 3 is 1.38 bits per heavy atom. The van der Waals surface area contributed by atoms with Crippen LogP contribution in [-0.4, -0.2) is 0 Å². The van der Waals surface area contributed by atoms with Crippen molar-refractivity contribution in [3.05, 3.63) is 58.6 Å². The monoisotopic (exact) mass is 254 g/mol. The maximum absolute atomic E-state index is 5.89. The van der Waals surface area contributed by atoms with Gasteiger partial charge in [-0.3, -0.25) is 9.78 Å². The Morgan fingerprint density at radius 2 is 1.00 bits per heavy atom. The first-order chi connectivity index (χ1) is 7.77. The van der Waals surface area contributed by atoms with Crippen molar-refractivity contribution in [1.82, 2.24) is 0 Å². The van der Waals surface area contributed by atoms with Crippen LogP contribution in [0, 0.1) is 0 Å². The van der Waals surface area contributed by atoms with Gasteiger partial charge in [-0.2, -0.15) is 0 Å². The normalized spacial score (nSPS) is 9.88. The second-order valence-corrected chi connectivity index (χ2v) is 3.84. The van der Waals surface area contributed by atoms with Crippen LogP contribution < -0.4 is 9.78 Å². The van der Waals surface area contributed by atoms with Crippen LogP contribution in [0.5, 0.6) is 11.5 Å². The van der Waals surface area contributed by atoms with Gasteiger partial charge in [0, 0.05) is 0 Å². The van der Waals surface area contributed by atoms with Gasteiger partial charge in [0.1, 0.15) is 0 Å². The standard InChI is InChI=1S/C12H8Cl2O2/c13-9-5-1-3-7-11(9)15-16-12-8-4-2-6-10(12)14/h1-8H. The summed E-state index contributed by atoms with van der Waals surface area (Å²) in [6.07, 6.45) is 0. The molecule has 0 aliphatic rings. The zero-order chi connectivity index (χ0) is 11.4. The predicted molar refractivity (Wildman–Crippen MR) is 64.2 cm³/mol. The molecule has 0 heterocycles. The lowest BCUT2D eigenvalue weighted by Crippen LogP contribution is -2.00. The average molecular weight is 255 g/mol. The summed E-state index contributed by atoms with van der Waals surface area (Å²) in [6, 6.07) is 14.1. The van der Waals surface area contributed by atoms with Crippen LogP contribution in [0.3, 0.4) is 0 Å². The molecule has 2 aromatic carbocycles. The van der Waals surface area contributed by atoms with Crippen molar-refractivity contribution in [3.8, 4) is 11.5 Å². The fraction of sp³-hybridized carbons (Fsp3) is 0. The van der Waals surface area contributed by atoms with Crippen LogP contribution in [-0.2, 0) is 0 Å². The Hall–Kier alpha value is -1.38. The van der Waals surface area contributed by atoms with E-state index in [0.29, 0.717) is 21.5 Å². The van der Waals surface area contributed by atoms with Crippen LogP contribution in [0.25, 0.3) is 0 Å². The van der Waals surface area contributed by atoms with Gasteiger partial charge in [-0.25, -0.2) is 0 Å². The average Bonchev–Trinajstić information content (AvgIpc) is 2.30. The van der Waals surface area contributed by atoms with E-state index in [1.54, 1.807) is 36.4 Å². The van der Waals surface area contributed by atoms with Crippen LogP contribution in [0.15, 0.2) is 48.5 Å². The summed E-state index contributed by atoms with van der Waals surface area (Å²) in [6.45, 7) is 0. The van der Waals surface area contributed by atoms with Gasteiger partial charge in [-0.1, -0.05) is 47.5 Å². The summed E-state index contributed by atoms with van der Waals surface area (Å²) in [4.78, 5) is 10.2. The number of rotatable bonds is 3. The molecule has 0 spiro atoms. The van der Waals surface area contributed by atoms with Crippen LogP contribution in [0.2, 0.25) is 10.0 Å². The molecule has 0 amide bonds. The molecule has 0 radical (unpaired) electrons. The molecule has 4 heteroatoms. The Kier molecular flexibility index (Phi) is 3.54. The summed E-state index contributed by atoms with van der Waals surface area (Å²) in [5.74, 6) is 0.896. The smallest absolute Gasteiger partial charge is 0.197 e. The number of para-hydroxylation sites is 2. The molecular formula is C12H8Cl2O2. The third kappa shape index (κ3) is 2.60. The molecule has 0 aliphatic heterocycles. The van der Waals surface area contributed by atoms with Crippen LogP contribution in [0.1, 0.15) is 0 Å². The van der Waals surface area contributed by atoms with Gasteiger partial charge >= 0.3 is 0 Å². The molecule has 0 N–H and O–H groups in total. The molecule has 2 aromatic rings. The zero-order valence-electron chi connectivity index (χ0n) is 8.19. The highest BCUT2D eigenvalue weighted by molar-refractivity contribution is 6.32. The van der Waals surface area contributed by atoms with E-state index in [1.807, 2.05) is 12.1 Å². The van der Waals surface area contributed by atoms with Crippen molar-refractivity contribution in [1.29, 1.82) is 0 Å². The second-order valence-electron chi connectivity index (χ2n) is 3.03. The highest BCUT2D eigenvalue weighted by Gasteiger charge is 2.04. The van der Waals surface area contributed by atoms with Gasteiger partial charge in [0.2, 0.25) is 0 Å². The molecule has 2 rings (SSSR count). The van der Waals surface area contributed by atoms with E-state index in [-0.39, 0.29) is 0 Å². The minimum absolute atomic E-state index is 0.448. The molecule has 0 saturated carbocycles. The molecule has 0 aromatic heterocycles. The molecule has 0 atom stereocenters.